The summed E-state index contributed by atoms with van der Waals surface area (Å²) >= 11 is 0. The maximum atomic E-state index is 14.5. The molecule has 1 atom stereocenters. The zero-order valence-electron chi connectivity index (χ0n) is 21.2. The van der Waals surface area contributed by atoms with E-state index in [1.807, 2.05) is 18.2 Å². The van der Waals surface area contributed by atoms with Gasteiger partial charge in [0.15, 0.2) is 17.4 Å². The molecule has 0 aliphatic heterocycles. The molecule has 4 rings (SSSR count). The van der Waals surface area contributed by atoms with Crippen LogP contribution in [0.2, 0.25) is 0 Å². The molecule has 2 N–H and O–H groups in total. The molecule has 0 spiro atoms. The Balaban J connectivity index is 1.58. The van der Waals surface area contributed by atoms with Crippen molar-refractivity contribution in [2.45, 2.75) is 39.2 Å². The molecule has 0 bridgehead atoms. The lowest BCUT2D eigenvalue weighted by Crippen LogP contribution is -2.18. The first kappa shape index (κ1) is 25.9. The molecule has 4 aromatic rings. The normalized spacial score (nSPS) is 12.0. The summed E-state index contributed by atoms with van der Waals surface area (Å²) < 4.78 is 34.3. The van der Waals surface area contributed by atoms with Crippen molar-refractivity contribution in [3.05, 3.63) is 77.8 Å². The van der Waals surface area contributed by atoms with Gasteiger partial charge in [-0.05, 0) is 44.0 Å². The summed E-state index contributed by atoms with van der Waals surface area (Å²) in [6.45, 7) is 6.01. The topological polar surface area (TPSA) is 89.0 Å². The fourth-order valence-corrected chi connectivity index (χ4v) is 4.23. The maximum absolute atomic E-state index is 14.5. The number of halogens is 2. The molecule has 7 nitrogen and oxygen atoms in total. The highest BCUT2D eigenvalue weighted by molar-refractivity contribution is 6.06. The second-order valence-electron chi connectivity index (χ2n) is 8.89. The number of ether oxygens (including phenoxy) is 1. The Bertz CT molecular complexity index is 1400. The van der Waals surface area contributed by atoms with Gasteiger partial charge in [0.25, 0.3) is 5.91 Å². The summed E-state index contributed by atoms with van der Waals surface area (Å²) in [4.78, 5) is 25.4. The van der Waals surface area contributed by atoms with Crippen molar-refractivity contribution in [3.8, 4) is 17.0 Å². The number of hydrogen-bond acceptors (Lipinski definition) is 6. The summed E-state index contributed by atoms with van der Waals surface area (Å²) in [5.41, 5.74) is 3.01. The summed E-state index contributed by atoms with van der Waals surface area (Å²) in [5, 5.41) is 6.77. The zero-order valence-corrected chi connectivity index (χ0v) is 21.2. The summed E-state index contributed by atoms with van der Waals surface area (Å²) in [6, 6.07) is 11.6. The lowest BCUT2D eigenvalue weighted by Gasteiger charge is -2.19. The van der Waals surface area contributed by atoms with E-state index in [0.29, 0.717) is 23.6 Å². The van der Waals surface area contributed by atoms with Crippen molar-refractivity contribution in [2.24, 2.45) is 0 Å². The van der Waals surface area contributed by atoms with Crippen molar-refractivity contribution in [1.29, 1.82) is 0 Å². The van der Waals surface area contributed by atoms with Crippen molar-refractivity contribution in [3.63, 3.8) is 0 Å². The second-order valence-corrected chi connectivity index (χ2v) is 8.89. The van der Waals surface area contributed by atoms with Gasteiger partial charge in [0, 0.05) is 42.7 Å². The molecular weight excluding hydrogens is 476 g/mol. The average molecular weight is 506 g/mol. The summed E-state index contributed by atoms with van der Waals surface area (Å²) in [5.74, 6) is -1.56. The first-order chi connectivity index (χ1) is 17.8. The van der Waals surface area contributed by atoms with Gasteiger partial charge in [0.2, 0.25) is 0 Å². The lowest BCUT2D eigenvalue weighted by atomic mass is 9.92. The third-order valence-electron chi connectivity index (χ3n) is 6.05. The molecule has 37 heavy (non-hydrogen) atoms. The number of hydrogen-bond donors (Lipinski definition) is 2. The number of anilines is 1. The Morgan fingerprint density at radius 2 is 1.81 bits per heavy atom. The van der Waals surface area contributed by atoms with E-state index in [1.165, 1.54) is 18.5 Å². The van der Waals surface area contributed by atoms with Gasteiger partial charge in [0.1, 0.15) is 12.1 Å². The standard InChI is InChI=1S/C28H29F2N5O2/c1-5-17(19-7-6-8-20-21(28(36)31-4)9-10-32-26(19)20)14-33-25-13-24(34-15-35-25)18-11-22(29)27(23(30)12-18)37-16(2)3/h6-13,15-17H,5,14H2,1-4H3,(H,31,36)(H,33,34,35). The van der Waals surface area contributed by atoms with E-state index in [4.69, 9.17) is 4.74 Å². The van der Waals surface area contributed by atoms with E-state index in [2.05, 4.69) is 32.5 Å². The van der Waals surface area contributed by atoms with Crippen molar-refractivity contribution in [1.82, 2.24) is 20.3 Å². The number of carbonyl (C=O) groups excluding carboxylic acids is 1. The van der Waals surface area contributed by atoms with Crippen LogP contribution in [0.5, 0.6) is 5.75 Å². The van der Waals surface area contributed by atoms with E-state index in [9.17, 15) is 13.6 Å². The zero-order chi connectivity index (χ0) is 26.5. The molecule has 0 aliphatic rings. The Morgan fingerprint density at radius 1 is 1.05 bits per heavy atom. The third kappa shape index (κ3) is 5.66. The number of fused-ring (bicyclic) bond motifs is 1. The Kier molecular flexibility index (Phi) is 7.91. The van der Waals surface area contributed by atoms with Crippen LogP contribution in [0.1, 0.15) is 49.0 Å². The molecule has 0 saturated heterocycles. The first-order valence-corrected chi connectivity index (χ1v) is 12.1. The quantitative estimate of drug-likeness (QED) is 0.302. The molecule has 2 heterocycles. The fourth-order valence-electron chi connectivity index (χ4n) is 4.23. The molecule has 9 heteroatoms. The monoisotopic (exact) mass is 505 g/mol. The minimum atomic E-state index is -0.789. The van der Waals surface area contributed by atoms with Crippen LogP contribution < -0.4 is 15.4 Å². The van der Waals surface area contributed by atoms with Crippen molar-refractivity contribution < 1.29 is 18.3 Å². The summed E-state index contributed by atoms with van der Waals surface area (Å²) in [6.07, 6.45) is 3.44. The van der Waals surface area contributed by atoms with Crippen LogP contribution in [0, 0.1) is 11.6 Å². The van der Waals surface area contributed by atoms with E-state index in [1.54, 1.807) is 39.2 Å². The van der Waals surface area contributed by atoms with Gasteiger partial charge < -0.3 is 15.4 Å². The van der Waals surface area contributed by atoms with E-state index in [0.717, 1.165) is 22.9 Å². The number of nitrogens with zero attached hydrogens (tertiary/aromatic N) is 3. The molecule has 0 radical (unpaired) electrons. The number of para-hydroxylation sites is 1. The summed E-state index contributed by atoms with van der Waals surface area (Å²) in [7, 11) is 1.60. The molecule has 0 aliphatic carbocycles. The molecular formula is C28H29F2N5O2. The second kappa shape index (κ2) is 11.3. The minimum Gasteiger partial charge on any atom is -0.485 e. The smallest absolute Gasteiger partial charge is 0.251 e. The first-order valence-electron chi connectivity index (χ1n) is 12.1. The van der Waals surface area contributed by atoms with Crippen LogP contribution in [-0.4, -0.2) is 40.6 Å². The molecule has 1 unspecified atom stereocenters. The molecule has 192 valence electrons. The Hall–Kier alpha value is -4.14. The van der Waals surface area contributed by atoms with Crippen LogP contribution in [0.25, 0.3) is 22.2 Å². The maximum Gasteiger partial charge on any atom is 0.251 e. The number of rotatable bonds is 9. The highest BCUT2D eigenvalue weighted by Crippen LogP contribution is 2.31. The van der Waals surface area contributed by atoms with Crippen LogP contribution in [0.3, 0.4) is 0 Å². The van der Waals surface area contributed by atoms with Crippen molar-refractivity contribution in [2.75, 3.05) is 18.9 Å². The van der Waals surface area contributed by atoms with Crippen LogP contribution in [-0.2, 0) is 0 Å². The number of aromatic nitrogens is 3. The number of pyridine rings is 1. The van der Waals surface area contributed by atoms with Crippen LogP contribution >= 0.6 is 0 Å². The van der Waals surface area contributed by atoms with Gasteiger partial charge in [-0.1, -0.05) is 25.1 Å². The lowest BCUT2D eigenvalue weighted by molar-refractivity contribution is 0.0964. The fraction of sp³-hybridized carbons (Fsp3) is 0.286. The average Bonchev–Trinajstić information content (AvgIpc) is 2.90. The van der Waals surface area contributed by atoms with Gasteiger partial charge in [-0.2, -0.15) is 0 Å². The highest BCUT2D eigenvalue weighted by Gasteiger charge is 2.18. The SMILES string of the molecule is CCC(CNc1cc(-c2cc(F)c(OC(C)C)c(F)c2)ncn1)c1cccc2c(C(=O)NC)ccnc12. The predicted octanol–water partition coefficient (Wildman–Crippen LogP) is 5.72. The molecule has 2 aromatic carbocycles. The van der Waals surface area contributed by atoms with Crippen LogP contribution in [0.4, 0.5) is 14.6 Å². The number of nitrogens with one attached hydrogen (secondary N) is 2. The third-order valence-corrected chi connectivity index (χ3v) is 6.05. The Morgan fingerprint density at radius 3 is 2.49 bits per heavy atom. The van der Waals surface area contributed by atoms with Crippen LogP contribution in [0.15, 0.2) is 55.0 Å². The van der Waals surface area contributed by atoms with Gasteiger partial charge in [-0.15, -0.1) is 0 Å². The number of carbonyl (C=O) groups is 1. The Labute approximate surface area is 214 Å². The van der Waals surface area contributed by atoms with E-state index in [-0.39, 0.29) is 23.5 Å². The number of amides is 1. The minimum absolute atomic E-state index is 0.0666. The molecule has 0 saturated carbocycles. The number of benzene rings is 2. The van der Waals surface area contributed by atoms with Gasteiger partial charge in [-0.3, -0.25) is 9.78 Å². The molecule has 0 fully saturated rings. The van der Waals surface area contributed by atoms with E-state index >= 15 is 0 Å². The predicted molar refractivity (Wildman–Crippen MR) is 140 cm³/mol. The molecule has 1 amide bonds. The van der Waals surface area contributed by atoms with Crippen molar-refractivity contribution >= 4 is 22.6 Å². The van der Waals surface area contributed by atoms with E-state index < -0.39 is 17.4 Å². The highest BCUT2D eigenvalue weighted by atomic mass is 19.1. The van der Waals surface area contributed by atoms with Gasteiger partial charge in [0.05, 0.1) is 22.9 Å². The van der Waals surface area contributed by atoms with Gasteiger partial charge >= 0.3 is 0 Å². The molecule has 2 aromatic heterocycles. The largest absolute Gasteiger partial charge is 0.485 e. The van der Waals surface area contributed by atoms with Gasteiger partial charge in [-0.25, -0.2) is 18.7 Å².